The van der Waals surface area contributed by atoms with Gasteiger partial charge in [-0.2, -0.15) is 0 Å². The molecule has 1 saturated heterocycles. The first-order valence-electron chi connectivity index (χ1n) is 8.49. The summed E-state index contributed by atoms with van der Waals surface area (Å²) in [4.78, 5) is 14.4. The Morgan fingerprint density at radius 1 is 1.04 bits per heavy atom. The Morgan fingerprint density at radius 2 is 1.68 bits per heavy atom. The van der Waals surface area contributed by atoms with Crippen molar-refractivity contribution in [2.45, 2.75) is 26.0 Å². The highest BCUT2D eigenvalue weighted by Gasteiger charge is 2.27. The molecule has 1 fully saturated rings. The van der Waals surface area contributed by atoms with Gasteiger partial charge in [-0.05, 0) is 31.5 Å². The van der Waals surface area contributed by atoms with E-state index in [4.69, 9.17) is 4.74 Å². The zero-order valence-corrected chi connectivity index (χ0v) is 14.0. The number of carbonyl (C=O) groups is 1. The largest absolute Gasteiger partial charge is 0.460 e. The molecule has 0 amide bonds. The fourth-order valence-electron chi connectivity index (χ4n) is 3.14. The van der Waals surface area contributed by atoms with E-state index < -0.39 is 0 Å². The lowest BCUT2D eigenvalue weighted by Crippen LogP contribution is -2.39. The van der Waals surface area contributed by atoms with E-state index in [1.54, 1.807) is 30.3 Å². The lowest BCUT2D eigenvalue weighted by atomic mass is 9.97. The van der Waals surface area contributed by atoms with Crippen LogP contribution in [0.1, 0.15) is 24.0 Å². The van der Waals surface area contributed by atoms with E-state index in [0.29, 0.717) is 24.2 Å². The second kappa shape index (κ2) is 8.21. The van der Waals surface area contributed by atoms with Gasteiger partial charge in [-0.25, -0.2) is 8.78 Å². The lowest BCUT2D eigenvalue weighted by molar-refractivity contribution is -0.152. The van der Waals surface area contributed by atoms with E-state index in [-0.39, 0.29) is 30.1 Å². The van der Waals surface area contributed by atoms with E-state index in [1.807, 2.05) is 6.07 Å². The predicted octanol–water partition coefficient (Wildman–Crippen LogP) is 3.92. The normalized spacial score (nSPS) is 18.1. The average Bonchev–Trinajstić information content (AvgIpc) is 2.63. The summed E-state index contributed by atoms with van der Waals surface area (Å²) in [7, 11) is 0. The molecular formula is C20H21F2NO2. The summed E-state index contributed by atoms with van der Waals surface area (Å²) in [5, 5.41) is 0. The molecule has 3 nitrogen and oxygen atoms in total. The van der Waals surface area contributed by atoms with Crippen molar-refractivity contribution < 1.29 is 18.3 Å². The van der Waals surface area contributed by atoms with Crippen LogP contribution in [0.25, 0.3) is 0 Å². The minimum atomic E-state index is -0.375. The number of rotatable bonds is 5. The van der Waals surface area contributed by atoms with Crippen LogP contribution in [-0.2, 0) is 22.7 Å². The number of hydrogen-bond donors (Lipinski definition) is 0. The van der Waals surface area contributed by atoms with Gasteiger partial charge in [0.15, 0.2) is 0 Å². The van der Waals surface area contributed by atoms with Gasteiger partial charge < -0.3 is 4.74 Å². The summed E-state index contributed by atoms with van der Waals surface area (Å²) < 4.78 is 32.7. The van der Waals surface area contributed by atoms with Crippen molar-refractivity contribution in [2.24, 2.45) is 5.92 Å². The zero-order chi connectivity index (χ0) is 17.6. The monoisotopic (exact) mass is 345 g/mol. The molecule has 2 aromatic rings. The van der Waals surface area contributed by atoms with Crippen LogP contribution in [0.5, 0.6) is 0 Å². The van der Waals surface area contributed by atoms with Crippen molar-refractivity contribution in [3.63, 3.8) is 0 Å². The highest BCUT2D eigenvalue weighted by molar-refractivity contribution is 5.72. The smallest absolute Gasteiger partial charge is 0.310 e. The number of benzene rings is 2. The molecule has 5 heteroatoms. The number of esters is 1. The van der Waals surface area contributed by atoms with E-state index in [9.17, 15) is 13.6 Å². The molecule has 2 aromatic carbocycles. The highest BCUT2D eigenvalue weighted by Crippen LogP contribution is 2.21. The van der Waals surface area contributed by atoms with Crippen molar-refractivity contribution in [1.29, 1.82) is 0 Å². The Labute approximate surface area is 146 Å². The van der Waals surface area contributed by atoms with Crippen LogP contribution < -0.4 is 0 Å². The van der Waals surface area contributed by atoms with E-state index >= 15 is 0 Å². The Kier molecular flexibility index (Phi) is 5.76. The van der Waals surface area contributed by atoms with Gasteiger partial charge in [0.2, 0.25) is 0 Å². The molecule has 0 aliphatic carbocycles. The predicted molar refractivity (Wildman–Crippen MR) is 90.6 cm³/mol. The molecule has 0 radical (unpaired) electrons. The molecule has 0 bridgehead atoms. The topological polar surface area (TPSA) is 29.5 Å². The molecule has 1 aliphatic rings. The lowest BCUT2D eigenvalue weighted by Gasteiger charge is -2.31. The quantitative estimate of drug-likeness (QED) is 0.769. The summed E-state index contributed by atoms with van der Waals surface area (Å²) in [5.74, 6) is -1.18. The standard InChI is InChI=1S/C20H21F2NO2/c21-18-9-3-1-6-15(18)12-23-11-5-8-16(13-23)20(24)25-14-17-7-2-4-10-19(17)22/h1-4,6-7,9-10,16H,5,8,11-14H2/t16-/m1/s1. The Morgan fingerprint density at radius 3 is 2.36 bits per heavy atom. The van der Waals surface area contributed by atoms with Crippen molar-refractivity contribution in [2.75, 3.05) is 13.1 Å². The maximum Gasteiger partial charge on any atom is 0.310 e. The second-order valence-corrected chi connectivity index (χ2v) is 6.36. The van der Waals surface area contributed by atoms with Gasteiger partial charge in [-0.1, -0.05) is 36.4 Å². The SMILES string of the molecule is O=C(OCc1ccccc1F)[C@@H]1CCCN(Cc2ccccc2F)C1. The van der Waals surface area contributed by atoms with Crippen molar-refractivity contribution in [3.05, 3.63) is 71.3 Å². The molecule has 132 valence electrons. The Hall–Kier alpha value is -2.27. The molecule has 3 rings (SSSR count). The van der Waals surface area contributed by atoms with Crippen LogP contribution >= 0.6 is 0 Å². The number of carbonyl (C=O) groups excluding carboxylic acids is 1. The van der Waals surface area contributed by atoms with Gasteiger partial charge in [-0.15, -0.1) is 0 Å². The first-order chi connectivity index (χ1) is 12.1. The zero-order valence-electron chi connectivity index (χ0n) is 14.0. The fraction of sp³-hybridized carbons (Fsp3) is 0.350. The summed E-state index contributed by atoms with van der Waals surface area (Å²) in [6, 6.07) is 12.9. The molecule has 0 spiro atoms. The van der Waals surface area contributed by atoms with E-state index in [1.165, 1.54) is 12.1 Å². The van der Waals surface area contributed by atoms with Gasteiger partial charge >= 0.3 is 5.97 Å². The molecule has 1 heterocycles. The van der Waals surface area contributed by atoms with Crippen molar-refractivity contribution >= 4 is 5.97 Å². The third kappa shape index (κ3) is 4.63. The summed E-state index contributed by atoms with van der Waals surface area (Å²) in [6.07, 6.45) is 1.60. The number of nitrogens with zero attached hydrogens (tertiary/aromatic N) is 1. The van der Waals surface area contributed by atoms with Crippen LogP contribution in [0.3, 0.4) is 0 Å². The third-order valence-electron chi connectivity index (χ3n) is 4.52. The Bertz CT molecular complexity index is 735. The second-order valence-electron chi connectivity index (χ2n) is 6.36. The third-order valence-corrected chi connectivity index (χ3v) is 4.52. The van der Waals surface area contributed by atoms with Gasteiger partial charge in [0.1, 0.15) is 18.2 Å². The number of piperidine rings is 1. The number of hydrogen-bond acceptors (Lipinski definition) is 3. The van der Waals surface area contributed by atoms with Crippen LogP contribution in [0.15, 0.2) is 48.5 Å². The molecule has 0 saturated carbocycles. The average molecular weight is 345 g/mol. The van der Waals surface area contributed by atoms with E-state index in [2.05, 4.69) is 4.90 Å². The first kappa shape index (κ1) is 17.5. The first-order valence-corrected chi connectivity index (χ1v) is 8.49. The summed E-state index contributed by atoms with van der Waals surface area (Å²) in [6.45, 7) is 1.77. The molecule has 0 aromatic heterocycles. The van der Waals surface area contributed by atoms with Crippen LogP contribution in [0.2, 0.25) is 0 Å². The summed E-state index contributed by atoms with van der Waals surface area (Å²) >= 11 is 0. The van der Waals surface area contributed by atoms with Gasteiger partial charge in [0.25, 0.3) is 0 Å². The molecule has 1 atom stereocenters. The minimum Gasteiger partial charge on any atom is -0.460 e. The molecule has 25 heavy (non-hydrogen) atoms. The van der Waals surface area contributed by atoms with Crippen molar-refractivity contribution in [1.82, 2.24) is 4.90 Å². The fourth-order valence-corrected chi connectivity index (χ4v) is 3.14. The number of halogens is 2. The maximum atomic E-state index is 13.8. The van der Waals surface area contributed by atoms with E-state index in [0.717, 1.165) is 19.4 Å². The molecule has 1 aliphatic heterocycles. The number of ether oxygens (including phenoxy) is 1. The highest BCUT2D eigenvalue weighted by atomic mass is 19.1. The Balaban J connectivity index is 1.55. The van der Waals surface area contributed by atoms with Crippen molar-refractivity contribution in [3.8, 4) is 0 Å². The van der Waals surface area contributed by atoms with Crippen LogP contribution in [0.4, 0.5) is 8.78 Å². The van der Waals surface area contributed by atoms with Gasteiger partial charge in [-0.3, -0.25) is 9.69 Å². The van der Waals surface area contributed by atoms with Crippen LogP contribution in [0, 0.1) is 17.6 Å². The molecule has 0 N–H and O–H groups in total. The van der Waals surface area contributed by atoms with Gasteiger partial charge in [0.05, 0.1) is 5.92 Å². The van der Waals surface area contributed by atoms with Crippen LogP contribution in [-0.4, -0.2) is 24.0 Å². The van der Waals surface area contributed by atoms with Gasteiger partial charge in [0, 0.05) is 24.2 Å². The number of likely N-dealkylation sites (tertiary alicyclic amines) is 1. The maximum absolute atomic E-state index is 13.8. The molecular weight excluding hydrogens is 324 g/mol. The summed E-state index contributed by atoms with van der Waals surface area (Å²) in [5.41, 5.74) is 0.998. The molecule has 0 unspecified atom stereocenters. The minimum absolute atomic E-state index is 0.0602.